The van der Waals surface area contributed by atoms with Crippen LogP contribution in [0.25, 0.3) is 17.0 Å². The van der Waals surface area contributed by atoms with Gasteiger partial charge >= 0.3 is 5.97 Å². The monoisotopic (exact) mass is 342 g/mol. The molecule has 1 aliphatic rings. The van der Waals surface area contributed by atoms with Crippen LogP contribution in [0.1, 0.15) is 49.0 Å². The zero-order valence-electron chi connectivity index (χ0n) is 13.7. The van der Waals surface area contributed by atoms with Gasteiger partial charge in [0.2, 0.25) is 5.88 Å². The van der Waals surface area contributed by atoms with Crippen LogP contribution in [0.15, 0.2) is 18.6 Å². The fourth-order valence-electron chi connectivity index (χ4n) is 3.48. The van der Waals surface area contributed by atoms with E-state index in [1.165, 1.54) is 23.5 Å². The number of fused-ring (bicyclic) bond motifs is 1. The van der Waals surface area contributed by atoms with E-state index in [2.05, 4.69) is 27.1 Å². The van der Waals surface area contributed by atoms with Crippen molar-refractivity contribution >= 4 is 17.0 Å². The third-order valence-corrected chi connectivity index (χ3v) is 4.70. The minimum absolute atomic E-state index is 0.0232. The van der Waals surface area contributed by atoms with Crippen molar-refractivity contribution in [1.29, 1.82) is 0 Å². The number of carboxylic acids is 1. The van der Waals surface area contributed by atoms with Gasteiger partial charge in [0, 0.05) is 6.20 Å². The molecule has 0 unspecified atom stereocenters. The van der Waals surface area contributed by atoms with Gasteiger partial charge in [0.1, 0.15) is 11.0 Å². The molecule has 2 atom stereocenters. The van der Waals surface area contributed by atoms with Crippen LogP contribution in [0.3, 0.4) is 0 Å². The molecule has 1 fully saturated rings. The Morgan fingerprint density at radius 2 is 2.08 bits per heavy atom. The molecule has 2 N–H and O–H groups in total. The molecule has 0 aromatic carbocycles. The number of hydrogen-bond acceptors (Lipinski definition) is 6. The highest BCUT2D eigenvalue weighted by atomic mass is 16.4. The number of carboxylic acid groups (broad SMARTS) is 1. The molecule has 4 rings (SSSR count). The summed E-state index contributed by atoms with van der Waals surface area (Å²) in [5.74, 6) is -0.535. The fourth-order valence-corrected chi connectivity index (χ4v) is 3.48. The number of aromatic nitrogens is 6. The van der Waals surface area contributed by atoms with E-state index in [-0.39, 0.29) is 23.4 Å². The summed E-state index contributed by atoms with van der Waals surface area (Å²) >= 11 is 0. The summed E-state index contributed by atoms with van der Waals surface area (Å²) < 4.78 is 3.04. The molecule has 3 aromatic rings. The van der Waals surface area contributed by atoms with Crippen molar-refractivity contribution in [3.05, 3.63) is 24.2 Å². The molecule has 0 saturated heterocycles. The highest BCUT2D eigenvalue weighted by Gasteiger charge is 2.25. The molecule has 0 radical (unpaired) electrons. The quantitative estimate of drug-likeness (QED) is 0.748. The van der Waals surface area contributed by atoms with Gasteiger partial charge in [-0.25, -0.2) is 14.5 Å². The van der Waals surface area contributed by atoms with Crippen molar-refractivity contribution in [2.75, 3.05) is 0 Å². The van der Waals surface area contributed by atoms with Crippen molar-refractivity contribution in [2.24, 2.45) is 5.92 Å². The summed E-state index contributed by atoms with van der Waals surface area (Å²) in [7, 11) is 0. The Balaban J connectivity index is 1.75. The van der Waals surface area contributed by atoms with Crippen molar-refractivity contribution < 1.29 is 15.0 Å². The summed E-state index contributed by atoms with van der Waals surface area (Å²) in [5.41, 5.74) is 1.04. The number of rotatable bonds is 3. The van der Waals surface area contributed by atoms with E-state index in [1.54, 1.807) is 6.20 Å². The minimum atomic E-state index is -1.09. The van der Waals surface area contributed by atoms with Gasteiger partial charge in [-0.1, -0.05) is 19.8 Å². The molecule has 130 valence electrons. The lowest BCUT2D eigenvalue weighted by atomic mass is 9.87. The van der Waals surface area contributed by atoms with Gasteiger partial charge in [0.05, 0.1) is 24.0 Å². The smallest absolute Gasteiger partial charge is 0.338 e. The van der Waals surface area contributed by atoms with Gasteiger partial charge in [-0.05, 0) is 18.8 Å². The number of hydrogen-bond donors (Lipinski definition) is 2. The lowest BCUT2D eigenvalue weighted by Crippen LogP contribution is -2.18. The Hall–Kier alpha value is -2.97. The third-order valence-electron chi connectivity index (χ3n) is 4.70. The second-order valence-electron chi connectivity index (χ2n) is 6.57. The summed E-state index contributed by atoms with van der Waals surface area (Å²) in [6, 6.07) is 0.227. The Labute approximate surface area is 142 Å². The maximum atomic E-state index is 11.0. The molecule has 25 heavy (non-hydrogen) atoms. The largest absolute Gasteiger partial charge is 0.492 e. The van der Waals surface area contributed by atoms with Crippen LogP contribution in [0, 0.1) is 5.92 Å². The highest BCUT2D eigenvalue weighted by molar-refractivity contribution is 5.87. The molecule has 3 aromatic heterocycles. The molecule has 9 heteroatoms. The minimum Gasteiger partial charge on any atom is -0.492 e. The van der Waals surface area contributed by atoms with Gasteiger partial charge in [0.25, 0.3) is 5.95 Å². The second-order valence-corrected chi connectivity index (χ2v) is 6.57. The van der Waals surface area contributed by atoms with Gasteiger partial charge in [-0.2, -0.15) is 15.2 Å². The molecule has 1 aliphatic carbocycles. The summed E-state index contributed by atoms with van der Waals surface area (Å²) in [5, 5.41) is 27.8. The molecule has 0 bridgehead atoms. The first-order valence-corrected chi connectivity index (χ1v) is 8.25. The van der Waals surface area contributed by atoms with Crippen LogP contribution in [0.5, 0.6) is 5.88 Å². The van der Waals surface area contributed by atoms with Crippen molar-refractivity contribution in [3.8, 4) is 11.8 Å². The third kappa shape index (κ3) is 2.71. The topological polar surface area (TPSA) is 119 Å². The van der Waals surface area contributed by atoms with E-state index in [0.29, 0.717) is 17.0 Å². The predicted molar refractivity (Wildman–Crippen MR) is 87.7 cm³/mol. The van der Waals surface area contributed by atoms with E-state index in [1.807, 2.05) is 4.68 Å². The molecule has 3 heterocycles. The van der Waals surface area contributed by atoms with E-state index in [4.69, 9.17) is 5.11 Å². The summed E-state index contributed by atoms with van der Waals surface area (Å²) in [4.78, 5) is 19.4. The van der Waals surface area contributed by atoms with Gasteiger partial charge in [-0.3, -0.25) is 4.68 Å². The maximum Gasteiger partial charge on any atom is 0.338 e. The number of nitrogens with zero attached hydrogens (tertiary/aromatic N) is 6. The van der Waals surface area contributed by atoms with Crippen LogP contribution < -0.4 is 0 Å². The average Bonchev–Trinajstić information content (AvgIpc) is 3.22. The van der Waals surface area contributed by atoms with Crippen molar-refractivity contribution in [1.82, 2.24) is 29.5 Å². The average molecular weight is 342 g/mol. The molecular weight excluding hydrogens is 324 g/mol. The summed E-state index contributed by atoms with van der Waals surface area (Å²) in [6.07, 6.45) is 8.49. The number of carbonyl (C=O) groups is 1. The maximum absolute atomic E-state index is 11.0. The van der Waals surface area contributed by atoms with E-state index in [0.717, 1.165) is 19.3 Å². The summed E-state index contributed by atoms with van der Waals surface area (Å²) in [6.45, 7) is 2.23. The fraction of sp³-hybridized carbons (Fsp3) is 0.438. The normalized spacial score (nSPS) is 20.8. The zero-order valence-corrected chi connectivity index (χ0v) is 13.7. The lowest BCUT2D eigenvalue weighted by Gasteiger charge is -2.27. The van der Waals surface area contributed by atoms with E-state index < -0.39 is 5.97 Å². The Bertz CT molecular complexity index is 947. The first kappa shape index (κ1) is 15.6. The molecule has 1 saturated carbocycles. The molecule has 0 amide bonds. The Morgan fingerprint density at radius 1 is 1.24 bits per heavy atom. The zero-order chi connectivity index (χ0) is 17.6. The lowest BCUT2D eigenvalue weighted by molar-refractivity contribution is 0.0697. The molecular formula is C16H18N6O3. The molecule has 9 nitrogen and oxygen atoms in total. The van der Waals surface area contributed by atoms with Crippen LogP contribution in [0.4, 0.5) is 0 Å². The predicted octanol–water partition coefficient (Wildman–Crippen LogP) is 2.17. The van der Waals surface area contributed by atoms with Crippen LogP contribution >= 0.6 is 0 Å². The highest BCUT2D eigenvalue weighted by Crippen LogP contribution is 2.35. The van der Waals surface area contributed by atoms with Crippen LogP contribution in [-0.2, 0) is 0 Å². The van der Waals surface area contributed by atoms with Crippen LogP contribution in [-0.4, -0.2) is 45.7 Å². The van der Waals surface area contributed by atoms with Crippen molar-refractivity contribution in [2.45, 2.75) is 38.6 Å². The van der Waals surface area contributed by atoms with Gasteiger partial charge < -0.3 is 10.2 Å². The standard InChI is InChI=1S/C16H18N6O3/c1-9-3-2-4-11(5-9)22-13-12(7-18-22)19-16(20-14(13)23)21-8-10(6-17-21)15(24)25/h6-9,11H,2-5H2,1H3,(H,24,25)(H,19,20,23)/t9-,11-/m0/s1. The van der Waals surface area contributed by atoms with Gasteiger partial charge in [-0.15, -0.1) is 0 Å². The van der Waals surface area contributed by atoms with Crippen LogP contribution in [0.2, 0.25) is 0 Å². The molecule has 0 spiro atoms. The van der Waals surface area contributed by atoms with Gasteiger partial charge in [0.15, 0.2) is 0 Å². The Kier molecular flexibility index (Phi) is 3.63. The van der Waals surface area contributed by atoms with Crippen molar-refractivity contribution in [3.63, 3.8) is 0 Å². The first-order chi connectivity index (χ1) is 12.0. The first-order valence-electron chi connectivity index (χ1n) is 8.25. The SMILES string of the molecule is C[C@H]1CCC[C@H](n2ncc3nc(-n4cc(C(=O)O)cn4)nc(O)c32)C1. The Morgan fingerprint density at radius 3 is 2.80 bits per heavy atom. The molecule has 0 aliphatic heterocycles. The number of aromatic carboxylic acids is 1. The van der Waals surface area contributed by atoms with E-state index >= 15 is 0 Å². The second kappa shape index (κ2) is 5.83. The number of aromatic hydroxyl groups is 1. The van der Waals surface area contributed by atoms with E-state index in [9.17, 15) is 9.90 Å².